The second kappa shape index (κ2) is 4.78. The van der Waals surface area contributed by atoms with Crippen molar-refractivity contribution >= 4 is 0 Å². The first-order chi connectivity index (χ1) is 5.83. The second-order valence-electron chi connectivity index (χ2n) is 2.81. The normalized spacial score (nSPS) is 12.5. The van der Waals surface area contributed by atoms with Crippen LogP contribution in [0, 0.1) is 0 Å². The van der Waals surface area contributed by atoms with Gasteiger partial charge >= 0.3 is 0 Å². The molecule has 0 saturated heterocycles. The molecule has 0 aliphatic carbocycles. The maximum atomic E-state index is 5.50. The van der Waals surface area contributed by atoms with Gasteiger partial charge in [-0.05, 0) is 26.1 Å². The lowest BCUT2D eigenvalue weighted by atomic mass is 10.3. The molecule has 2 heteroatoms. The van der Waals surface area contributed by atoms with Crippen molar-refractivity contribution in [3.8, 4) is 5.75 Å². The monoisotopic (exact) mass is 165 g/mol. The minimum Gasteiger partial charge on any atom is -0.492 e. The molecule has 1 aromatic rings. The number of hydrogen-bond acceptors (Lipinski definition) is 2. The fraction of sp³-hybridized carbons (Fsp3) is 0.400. The van der Waals surface area contributed by atoms with Gasteiger partial charge in [0.15, 0.2) is 0 Å². The van der Waals surface area contributed by atoms with Crippen LogP contribution in [0.1, 0.15) is 6.92 Å². The van der Waals surface area contributed by atoms with E-state index in [9.17, 15) is 0 Å². The largest absolute Gasteiger partial charge is 0.492 e. The molecule has 1 N–H and O–H groups in total. The highest BCUT2D eigenvalue weighted by Crippen LogP contribution is 2.07. The van der Waals surface area contributed by atoms with E-state index in [4.69, 9.17) is 4.74 Å². The van der Waals surface area contributed by atoms with Crippen LogP contribution in [0.5, 0.6) is 5.75 Å². The smallest absolute Gasteiger partial charge is 0.119 e. The molecule has 0 radical (unpaired) electrons. The first kappa shape index (κ1) is 9.07. The molecule has 0 bridgehead atoms. The summed E-state index contributed by atoms with van der Waals surface area (Å²) in [4.78, 5) is 0. The van der Waals surface area contributed by atoms with Crippen molar-refractivity contribution in [3.05, 3.63) is 30.3 Å². The number of hydrogen-bond donors (Lipinski definition) is 1. The van der Waals surface area contributed by atoms with Crippen molar-refractivity contribution in [2.24, 2.45) is 0 Å². The van der Waals surface area contributed by atoms with E-state index in [2.05, 4.69) is 12.2 Å². The van der Waals surface area contributed by atoms with Crippen LogP contribution in [-0.4, -0.2) is 19.7 Å². The van der Waals surface area contributed by atoms with Crippen molar-refractivity contribution in [2.45, 2.75) is 13.0 Å². The fourth-order valence-corrected chi connectivity index (χ4v) is 0.821. The van der Waals surface area contributed by atoms with Gasteiger partial charge in [-0.25, -0.2) is 0 Å². The molecule has 0 saturated carbocycles. The molecule has 0 amide bonds. The number of para-hydroxylation sites is 1. The van der Waals surface area contributed by atoms with Crippen molar-refractivity contribution in [2.75, 3.05) is 13.7 Å². The second-order valence-corrected chi connectivity index (χ2v) is 2.81. The Morgan fingerprint density at radius 1 is 1.33 bits per heavy atom. The summed E-state index contributed by atoms with van der Waals surface area (Å²) < 4.78 is 5.50. The summed E-state index contributed by atoms with van der Waals surface area (Å²) >= 11 is 0. The number of ether oxygens (including phenoxy) is 1. The van der Waals surface area contributed by atoms with Crippen molar-refractivity contribution in [3.63, 3.8) is 0 Å². The van der Waals surface area contributed by atoms with Crippen LogP contribution in [0.3, 0.4) is 0 Å². The van der Waals surface area contributed by atoms with Crippen LogP contribution >= 0.6 is 0 Å². The Morgan fingerprint density at radius 2 is 2.00 bits per heavy atom. The summed E-state index contributed by atoms with van der Waals surface area (Å²) in [6.45, 7) is 2.80. The molecule has 2 nitrogen and oxygen atoms in total. The molecular weight excluding hydrogens is 150 g/mol. The van der Waals surface area contributed by atoms with Crippen LogP contribution in [-0.2, 0) is 0 Å². The summed E-state index contributed by atoms with van der Waals surface area (Å²) in [6, 6.07) is 10.2. The summed E-state index contributed by atoms with van der Waals surface area (Å²) in [7, 11) is 1.93. The van der Waals surface area contributed by atoms with Gasteiger partial charge in [0.25, 0.3) is 0 Å². The van der Waals surface area contributed by atoms with Gasteiger partial charge in [0, 0.05) is 6.04 Å². The summed E-state index contributed by atoms with van der Waals surface area (Å²) in [6.07, 6.45) is 0. The van der Waals surface area contributed by atoms with Crippen LogP contribution in [0.15, 0.2) is 30.3 Å². The van der Waals surface area contributed by atoms with Crippen LogP contribution < -0.4 is 10.1 Å². The molecule has 0 spiro atoms. The molecule has 0 heterocycles. The molecule has 66 valence electrons. The van der Waals surface area contributed by atoms with Crippen LogP contribution in [0.25, 0.3) is 0 Å². The van der Waals surface area contributed by atoms with Crippen molar-refractivity contribution in [1.29, 1.82) is 0 Å². The average molecular weight is 165 g/mol. The Hall–Kier alpha value is -1.02. The predicted molar refractivity (Wildman–Crippen MR) is 50.5 cm³/mol. The summed E-state index contributed by atoms with van der Waals surface area (Å²) in [5.74, 6) is 0.930. The number of nitrogens with one attached hydrogen (secondary N) is 1. The Bertz CT molecular complexity index is 210. The Morgan fingerprint density at radius 3 is 2.58 bits per heavy atom. The highest BCUT2D eigenvalue weighted by atomic mass is 16.5. The highest BCUT2D eigenvalue weighted by molar-refractivity contribution is 5.20. The number of benzene rings is 1. The first-order valence-electron chi connectivity index (χ1n) is 4.18. The van der Waals surface area contributed by atoms with Crippen LogP contribution in [0.4, 0.5) is 0 Å². The maximum Gasteiger partial charge on any atom is 0.119 e. The topological polar surface area (TPSA) is 21.3 Å². The lowest BCUT2D eigenvalue weighted by molar-refractivity contribution is 0.280. The Balaban J connectivity index is 2.33. The molecule has 0 aliphatic rings. The van der Waals surface area contributed by atoms with E-state index in [-0.39, 0.29) is 0 Å². The van der Waals surface area contributed by atoms with E-state index in [1.54, 1.807) is 0 Å². The third-order valence-corrected chi connectivity index (χ3v) is 1.74. The molecule has 12 heavy (non-hydrogen) atoms. The zero-order valence-electron chi connectivity index (χ0n) is 7.58. The molecule has 1 aromatic carbocycles. The molecule has 0 fully saturated rings. The Labute approximate surface area is 73.6 Å². The van der Waals surface area contributed by atoms with E-state index in [1.807, 2.05) is 37.4 Å². The first-order valence-corrected chi connectivity index (χ1v) is 4.18. The van der Waals surface area contributed by atoms with Gasteiger partial charge in [-0.15, -0.1) is 0 Å². The van der Waals surface area contributed by atoms with E-state index in [1.165, 1.54) is 0 Å². The molecule has 0 aromatic heterocycles. The molecule has 1 atom stereocenters. The van der Waals surface area contributed by atoms with E-state index in [0.29, 0.717) is 12.6 Å². The lowest BCUT2D eigenvalue weighted by Gasteiger charge is -2.11. The van der Waals surface area contributed by atoms with Gasteiger partial charge in [-0.3, -0.25) is 0 Å². The predicted octanol–water partition coefficient (Wildman–Crippen LogP) is 1.67. The van der Waals surface area contributed by atoms with Crippen LogP contribution in [0.2, 0.25) is 0 Å². The number of likely N-dealkylation sites (N-methyl/N-ethyl adjacent to an activating group) is 1. The van der Waals surface area contributed by atoms with Gasteiger partial charge in [0.1, 0.15) is 12.4 Å². The van der Waals surface area contributed by atoms with Gasteiger partial charge < -0.3 is 10.1 Å². The zero-order valence-corrected chi connectivity index (χ0v) is 7.58. The lowest BCUT2D eigenvalue weighted by Crippen LogP contribution is -2.28. The van der Waals surface area contributed by atoms with Gasteiger partial charge in [-0.2, -0.15) is 0 Å². The van der Waals surface area contributed by atoms with Crippen molar-refractivity contribution in [1.82, 2.24) is 5.32 Å². The molecule has 0 unspecified atom stereocenters. The fourth-order valence-electron chi connectivity index (χ4n) is 0.821. The minimum absolute atomic E-state index is 0.394. The van der Waals surface area contributed by atoms with Gasteiger partial charge in [0.2, 0.25) is 0 Å². The zero-order chi connectivity index (χ0) is 8.81. The van der Waals surface area contributed by atoms with E-state index >= 15 is 0 Å². The minimum atomic E-state index is 0.394. The molecular formula is C10H15NO. The maximum absolute atomic E-state index is 5.50. The Kier molecular flexibility index (Phi) is 3.61. The molecule has 1 rings (SSSR count). The highest BCUT2D eigenvalue weighted by Gasteiger charge is 1.97. The van der Waals surface area contributed by atoms with E-state index < -0.39 is 0 Å². The average Bonchev–Trinajstić information content (AvgIpc) is 2.16. The third kappa shape index (κ3) is 2.93. The van der Waals surface area contributed by atoms with E-state index in [0.717, 1.165) is 5.75 Å². The SMILES string of the molecule is CN[C@@H](C)COc1ccccc1. The van der Waals surface area contributed by atoms with Gasteiger partial charge in [-0.1, -0.05) is 18.2 Å². The van der Waals surface area contributed by atoms with Crippen molar-refractivity contribution < 1.29 is 4.74 Å². The molecule has 0 aliphatic heterocycles. The third-order valence-electron chi connectivity index (χ3n) is 1.74. The number of rotatable bonds is 4. The summed E-state index contributed by atoms with van der Waals surface area (Å²) in [5, 5.41) is 3.11. The van der Waals surface area contributed by atoms with Gasteiger partial charge in [0.05, 0.1) is 0 Å². The standard InChI is InChI=1S/C10H15NO/c1-9(11-2)8-12-10-6-4-3-5-7-10/h3-7,9,11H,8H2,1-2H3/t9-/m0/s1. The quantitative estimate of drug-likeness (QED) is 0.732. The summed E-state index contributed by atoms with van der Waals surface area (Å²) in [5.41, 5.74) is 0.